The number of hydrogen-bond acceptors (Lipinski definition) is 7. The molecule has 0 radical (unpaired) electrons. The molecule has 1 aromatic heterocycles. The van der Waals surface area contributed by atoms with Gasteiger partial charge in [0.15, 0.2) is 18.1 Å². The second-order valence-corrected chi connectivity index (χ2v) is 8.96. The standard InChI is InChI=1S/C29H24N2O6/c1-34-23-11-19-12-25-28(22(32)16-36-25)27(21(19)13-24(23)35-2)18-8-9-26(30-14-18)31-20(15-37-29(31)33)10-17-6-4-3-5-7-17/h3-9,11-14,20H,10,15-16H2,1-2H3. The number of amides is 1. The highest BCUT2D eigenvalue weighted by molar-refractivity contribution is 6.15. The van der Waals surface area contributed by atoms with Crippen LogP contribution >= 0.6 is 0 Å². The Bertz CT molecular complexity index is 1520. The molecule has 8 heteroatoms. The topological polar surface area (TPSA) is 87.2 Å². The van der Waals surface area contributed by atoms with Crippen molar-refractivity contribution in [2.75, 3.05) is 32.3 Å². The zero-order valence-electron chi connectivity index (χ0n) is 20.4. The molecule has 0 bridgehead atoms. The molecule has 0 saturated carbocycles. The van der Waals surface area contributed by atoms with E-state index in [-0.39, 0.29) is 18.4 Å². The van der Waals surface area contributed by atoms with Gasteiger partial charge in [0.25, 0.3) is 0 Å². The highest BCUT2D eigenvalue weighted by Gasteiger charge is 2.35. The number of ether oxygens (including phenoxy) is 4. The van der Waals surface area contributed by atoms with Crippen molar-refractivity contribution >= 4 is 28.5 Å². The molecule has 186 valence electrons. The minimum atomic E-state index is -0.423. The summed E-state index contributed by atoms with van der Waals surface area (Å²) in [6.07, 6.45) is 1.91. The summed E-state index contributed by atoms with van der Waals surface area (Å²) in [5.41, 5.74) is 3.06. The molecule has 1 amide bonds. The van der Waals surface area contributed by atoms with E-state index in [1.165, 1.54) is 0 Å². The van der Waals surface area contributed by atoms with E-state index in [2.05, 4.69) is 4.98 Å². The number of rotatable bonds is 6. The minimum Gasteiger partial charge on any atom is -0.493 e. The molecule has 0 N–H and O–H groups in total. The van der Waals surface area contributed by atoms with Crippen molar-refractivity contribution in [3.63, 3.8) is 0 Å². The Balaban J connectivity index is 1.42. The molecule has 3 aromatic carbocycles. The van der Waals surface area contributed by atoms with Gasteiger partial charge in [-0.1, -0.05) is 30.3 Å². The van der Waals surface area contributed by atoms with Crippen LogP contribution in [0.15, 0.2) is 66.9 Å². The third-order valence-electron chi connectivity index (χ3n) is 6.80. The van der Waals surface area contributed by atoms with Gasteiger partial charge in [-0.05, 0) is 53.1 Å². The molecule has 8 nitrogen and oxygen atoms in total. The zero-order chi connectivity index (χ0) is 25.5. The molecule has 1 unspecified atom stereocenters. The number of carbonyl (C=O) groups excluding carboxylic acids is 2. The molecule has 4 aromatic rings. The number of Topliss-reactive ketones (excluding diaryl/α,β-unsaturated/α-hetero) is 1. The van der Waals surface area contributed by atoms with Crippen LogP contribution in [0.2, 0.25) is 0 Å². The van der Waals surface area contributed by atoms with E-state index in [0.29, 0.717) is 47.2 Å². The number of benzene rings is 3. The Morgan fingerprint density at radius 3 is 2.46 bits per heavy atom. The monoisotopic (exact) mass is 496 g/mol. The third-order valence-corrected chi connectivity index (χ3v) is 6.80. The van der Waals surface area contributed by atoms with E-state index in [4.69, 9.17) is 18.9 Å². The van der Waals surface area contributed by atoms with Crippen LogP contribution in [-0.4, -0.2) is 50.3 Å². The molecule has 37 heavy (non-hydrogen) atoms. The number of pyridine rings is 1. The van der Waals surface area contributed by atoms with Crippen LogP contribution in [0.5, 0.6) is 17.2 Å². The quantitative estimate of drug-likeness (QED) is 0.369. The first-order chi connectivity index (χ1) is 18.1. The van der Waals surface area contributed by atoms with Crippen LogP contribution in [-0.2, 0) is 11.2 Å². The van der Waals surface area contributed by atoms with Crippen LogP contribution in [0, 0.1) is 0 Å². The summed E-state index contributed by atoms with van der Waals surface area (Å²) in [4.78, 5) is 31.7. The zero-order valence-corrected chi connectivity index (χ0v) is 20.4. The maximum Gasteiger partial charge on any atom is 0.415 e. The SMILES string of the molecule is COc1cc2cc3c(c(-c4ccc(N5C(=O)OCC5Cc5ccccc5)nc4)c2cc1OC)C(=O)CO3. The summed E-state index contributed by atoms with van der Waals surface area (Å²) < 4.78 is 22.0. The molecule has 6 rings (SSSR count). The van der Waals surface area contributed by atoms with Gasteiger partial charge in [0, 0.05) is 17.3 Å². The van der Waals surface area contributed by atoms with Crippen molar-refractivity contribution in [2.45, 2.75) is 12.5 Å². The summed E-state index contributed by atoms with van der Waals surface area (Å²) in [6.45, 7) is 0.278. The van der Waals surface area contributed by atoms with Crippen molar-refractivity contribution in [3.8, 4) is 28.4 Å². The van der Waals surface area contributed by atoms with Crippen LogP contribution in [0.25, 0.3) is 21.9 Å². The van der Waals surface area contributed by atoms with Crippen LogP contribution in [0.3, 0.4) is 0 Å². The van der Waals surface area contributed by atoms with E-state index >= 15 is 0 Å². The van der Waals surface area contributed by atoms with Crippen molar-refractivity contribution in [2.24, 2.45) is 0 Å². The van der Waals surface area contributed by atoms with Gasteiger partial charge in [-0.25, -0.2) is 9.78 Å². The number of cyclic esters (lactones) is 1. The van der Waals surface area contributed by atoms with Crippen molar-refractivity contribution < 1.29 is 28.5 Å². The average Bonchev–Trinajstić information content (AvgIpc) is 3.48. The molecule has 2 aliphatic rings. The largest absolute Gasteiger partial charge is 0.493 e. The number of nitrogens with zero attached hydrogens (tertiary/aromatic N) is 2. The molecule has 2 aliphatic heterocycles. The van der Waals surface area contributed by atoms with Gasteiger partial charge in [-0.3, -0.25) is 9.69 Å². The van der Waals surface area contributed by atoms with Gasteiger partial charge in [-0.2, -0.15) is 0 Å². The minimum absolute atomic E-state index is 0.0147. The Morgan fingerprint density at radius 1 is 0.946 bits per heavy atom. The molecule has 1 atom stereocenters. The molecule has 0 aliphatic carbocycles. The molecule has 3 heterocycles. The number of ketones is 1. The van der Waals surface area contributed by atoms with Gasteiger partial charge < -0.3 is 18.9 Å². The lowest BCUT2D eigenvalue weighted by molar-refractivity contribution is 0.0961. The summed E-state index contributed by atoms with van der Waals surface area (Å²) >= 11 is 0. The highest BCUT2D eigenvalue weighted by atomic mass is 16.6. The Labute approximate surface area is 213 Å². The lowest BCUT2D eigenvalue weighted by atomic mass is 9.92. The molecular formula is C29H24N2O6. The first kappa shape index (κ1) is 22.8. The number of carbonyl (C=O) groups is 2. The normalized spacial score (nSPS) is 16.5. The van der Waals surface area contributed by atoms with Crippen LogP contribution in [0.4, 0.5) is 10.6 Å². The fourth-order valence-corrected chi connectivity index (χ4v) is 5.06. The second-order valence-electron chi connectivity index (χ2n) is 8.96. The third kappa shape index (κ3) is 3.91. The lowest BCUT2D eigenvalue weighted by Crippen LogP contribution is -2.35. The number of aromatic nitrogens is 1. The van der Waals surface area contributed by atoms with Gasteiger partial charge in [0.2, 0.25) is 5.78 Å². The first-order valence-electron chi connectivity index (χ1n) is 11.9. The summed E-state index contributed by atoms with van der Waals surface area (Å²) in [6, 6.07) is 19.0. The molecule has 0 spiro atoms. The van der Waals surface area contributed by atoms with Crippen molar-refractivity contribution in [1.82, 2.24) is 4.98 Å². The van der Waals surface area contributed by atoms with Gasteiger partial charge >= 0.3 is 6.09 Å². The molecule has 1 fully saturated rings. The van der Waals surface area contributed by atoms with Gasteiger partial charge in [-0.15, -0.1) is 0 Å². The maximum absolute atomic E-state index is 12.8. The van der Waals surface area contributed by atoms with Crippen molar-refractivity contribution in [1.29, 1.82) is 0 Å². The average molecular weight is 497 g/mol. The number of anilines is 1. The summed E-state index contributed by atoms with van der Waals surface area (Å²) in [5.74, 6) is 2.05. The van der Waals surface area contributed by atoms with E-state index in [1.807, 2.05) is 54.6 Å². The smallest absolute Gasteiger partial charge is 0.415 e. The van der Waals surface area contributed by atoms with E-state index in [9.17, 15) is 9.59 Å². The van der Waals surface area contributed by atoms with Crippen molar-refractivity contribution in [3.05, 3.63) is 78.0 Å². The molecule has 1 saturated heterocycles. The maximum atomic E-state index is 12.8. The predicted molar refractivity (Wildman–Crippen MR) is 138 cm³/mol. The van der Waals surface area contributed by atoms with Crippen LogP contribution in [0.1, 0.15) is 15.9 Å². The van der Waals surface area contributed by atoms with E-state index < -0.39 is 6.09 Å². The fraction of sp³-hybridized carbons (Fsp3) is 0.207. The lowest BCUT2D eigenvalue weighted by Gasteiger charge is -2.21. The summed E-state index contributed by atoms with van der Waals surface area (Å²) in [7, 11) is 3.15. The van der Waals surface area contributed by atoms with Crippen LogP contribution < -0.4 is 19.1 Å². The molecular weight excluding hydrogens is 472 g/mol. The van der Waals surface area contributed by atoms with E-state index in [0.717, 1.165) is 21.9 Å². The summed E-state index contributed by atoms with van der Waals surface area (Å²) in [5, 5.41) is 1.66. The number of methoxy groups -OCH3 is 2. The fourth-order valence-electron chi connectivity index (χ4n) is 5.06. The number of fused-ring (bicyclic) bond motifs is 2. The number of hydrogen-bond donors (Lipinski definition) is 0. The van der Waals surface area contributed by atoms with Gasteiger partial charge in [0.1, 0.15) is 18.2 Å². The predicted octanol–water partition coefficient (Wildman–Crippen LogP) is 5.06. The second kappa shape index (κ2) is 9.13. The van der Waals surface area contributed by atoms with E-state index in [1.54, 1.807) is 31.4 Å². The Kier molecular flexibility index (Phi) is 5.64. The first-order valence-corrected chi connectivity index (χ1v) is 11.9. The Hall–Kier alpha value is -4.59. The van der Waals surface area contributed by atoms with Gasteiger partial charge in [0.05, 0.1) is 25.8 Å². The Morgan fingerprint density at radius 2 is 1.73 bits per heavy atom. The highest BCUT2D eigenvalue weighted by Crippen LogP contribution is 2.44.